The Morgan fingerprint density at radius 1 is 1.25 bits per heavy atom. The fraction of sp³-hybridized carbons (Fsp3) is 0.133. The molecule has 3 aromatic rings. The highest BCUT2D eigenvalue weighted by atomic mass is 79.9. The van der Waals surface area contributed by atoms with E-state index in [1.807, 2.05) is 36.4 Å². The topological polar surface area (TPSA) is 38.9 Å². The molecule has 1 aromatic heterocycles. The Morgan fingerprint density at radius 2 is 2.05 bits per heavy atom. The summed E-state index contributed by atoms with van der Waals surface area (Å²) in [6.07, 6.45) is 0.722. The second-order valence-electron chi connectivity index (χ2n) is 4.55. The fourth-order valence-electron chi connectivity index (χ4n) is 2.11. The summed E-state index contributed by atoms with van der Waals surface area (Å²) in [6, 6.07) is 13.7. The molecular weight excluding hydrogens is 356 g/mol. The van der Waals surface area contributed by atoms with E-state index < -0.39 is 0 Å². The van der Waals surface area contributed by atoms with Crippen LogP contribution in [0, 0.1) is 0 Å². The summed E-state index contributed by atoms with van der Waals surface area (Å²) in [6.45, 7) is 0. The van der Waals surface area contributed by atoms with E-state index in [2.05, 4.69) is 27.0 Å². The van der Waals surface area contributed by atoms with Crippen molar-refractivity contribution in [3.8, 4) is 0 Å². The van der Waals surface area contributed by atoms with E-state index in [4.69, 9.17) is 17.3 Å². The van der Waals surface area contributed by atoms with Crippen molar-refractivity contribution in [3.05, 3.63) is 62.5 Å². The Kier molecular flexibility index (Phi) is 4.08. The maximum Gasteiger partial charge on any atom is 0.0957 e. The number of aromatic nitrogens is 1. The molecule has 2 nitrogen and oxygen atoms in total. The van der Waals surface area contributed by atoms with E-state index in [-0.39, 0.29) is 6.04 Å². The van der Waals surface area contributed by atoms with Crippen molar-refractivity contribution in [2.45, 2.75) is 12.5 Å². The number of hydrogen-bond donors (Lipinski definition) is 1. The van der Waals surface area contributed by atoms with Crippen LogP contribution in [-0.4, -0.2) is 4.98 Å². The van der Waals surface area contributed by atoms with Crippen LogP contribution in [-0.2, 0) is 6.42 Å². The van der Waals surface area contributed by atoms with Gasteiger partial charge in [-0.1, -0.05) is 45.7 Å². The van der Waals surface area contributed by atoms with Gasteiger partial charge < -0.3 is 5.73 Å². The third kappa shape index (κ3) is 2.88. The summed E-state index contributed by atoms with van der Waals surface area (Å²) < 4.78 is 2.14. The van der Waals surface area contributed by atoms with E-state index in [9.17, 15) is 0 Å². The molecule has 2 aromatic carbocycles. The number of fused-ring (bicyclic) bond motifs is 1. The van der Waals surface area contributed by atoms with Crippen LogP contribution in [0.15, 0.2) is 46.9 Å². The lowest BCUT2D eigenvalue weighted by molar-refractivity contribution is 0.716. The molecule has 5 heteroatoms. The van der Waals surface area contributed by atoms with E-state index in [1.54, 1.807) is 11.3 Å². The molecule has 0 spiro atoms. The largest absolute Gasteiger partial charge is 0.324 e. The van der Waals surface area contributed by atoms with Gasteiger partial charge in [0.15, 0.2) is 0 Å². The maximum atomic E-state index is 6.29. The highest BCUT2D eigenvalue weighted by Crippen LogP contribution is 2.29. The average Bonchev–Trinajstić information content (AvgIpc) is 2.80. The standard InChI is InChI=1S/C15H12BrClN2S/c16-11-7-9(17)5-6-10(11)12(18)8-15-19-13-3-1-2-4-14(13)20-15/h1-7,12H,8,18H2. The summed E-state index contributed by atoms with van der Waals surface area (Å²) in [5, 5.41) is 1.76. The summed E-state index contributed by atoms with van der Waals surface area (Å²) in [5.41, 5.74) is 8.38. The first kappa shape index (κ1) is 14.0. The van der Waals surface area contributed by atoms with Gasteiger partial charge in [0.05, 0.1) is 15.2 Å². The van der Waals surface area contributed by atoms with Crippen LogP contribution < -0.4 is 5.73 Å². The van der Waals surface area contributed by atoms with Crippen molar-refractivity contribution in [2.75, 3.05) is 0 Å². The molecule has 1 unspecified atom stereocenters. The summed E-state index contributed by atoms with van der Waals surface area (Å²) in [5.74, 6) is 0. The molecule has 0 saturated carbocycles. The van der Waals surface area contributed by atoms with Crippen LogP contribution in [0.25, 0.3) is 10.2 Å². The highest BCUT2D eigenvalue weighted by molar-refractivity contribution is 9.10. The molecule has 0 amide bonds. The Morgan fingerprint density at radius 3 is 2.80 bits per heavy atom. The van der Waals surface area contributed by atoms with Gasteiger partial charge in [-0.2, -0.15) is 0 Å². The summed E-state index contributed by atoms with van der Waals surface area (Å²) in [4.78, 5) is 4.62. The van der Waals surface area contributed by atoms with Gasteiger partial charge in [-0.05, 0) is 29.8 Å². The van der Waals surface area contributed by atoms with Gasteiger partial charge in [-0.3, -0.25) is 0 Å². The molecule has 1 atom stereocenters. The second-order valence-corrected chi connectivity index (χ2v) is 6.96. The SMILES string of the molecule is NC(Cc1nc2ccccc2s1)c1ccc(Cl)cc1Br. The van der Waals surface area contributed by atoms with Crippen molar-refractivity contribution in [3.63, 3.8) is 0 Å². The second kappa shape index (κ2) is 5.82. The van der Waals surface area contributed by atoms with Crippen LogP contribution >= 0.6 is 38.9 Å². The number of nitrogens with zero attached hydrogens (tertiary/aromatic N) is 1. The van der Waals surface area contributed by atoms with Gasteiger partial charge in [-0.15, -0.1) is 11.3 Å². The number of hydrogen-bond acceptors (Lipinski definition) is 3. The van der Waals surface area contributed by atoms with Crippen LogP contribution in [0.3, 0.4) is 0 Å². The van der Waals surface area contributed by atoms with Crippen molar-refractivity contribution in [2.24, 2.45) is 5.73 Å². The molecule has 0 aliphatic carbocycles. The highest BCUT2D eigenvalue weighted by Gasteiger charge is 2.13. The van der Waals surface area contributed by atoms with Crippen LogP contribution in [0.2, 0.25) is 5.02 Å². The van der Waals surface area contributed by atoms with E-state index in [1.165, 1.54) is 4.70 Å². The van der Waals surface area contributed by atoms with Crippen molar-refractivity contribution in [1.82, 2.24) is 4.98 Å². The van der Waals surface area contributed by atoms with Crippen LogP contribution in [0.4, 0.5) is 0 Å². The smallest absolute Gasteiger partial charge is 0.0957 e. The third-order valence-corrected chi connectivity index (χ3v) is 5.08. The molecule has 102 valence electrons. The molecule has 0 radical (unpaired) electrons. The molecule has 0 bridgehead atoms. The van der Waals surface area contributed by atoms with Crippen LogP contribution in [0.5, 0.6) is 0 Å². The lowest BCUT2D eigenvalue weighted by atomic mass is 10.1. The molecule has 2 N–H and O–H groups in total. The number of halogens is 2. The first-order chi connectivity index (χ1) is 9.63. The van der Waals surface area contributed by atoms with E-state index in [0.29, 0.717) is 5.02 Å². The predicted molar refractivity (Wildman–Crippen MR) is 89.4 cm³/mol. The molecule has 0 fully saturated rings. The van der Waals surface area contributed by atoms with Crippen molar-refractivity contribution in [1.29, 1.82) is 0 Å². The van der Waals surface area contributed by atoms with Gasteiger partial charge in [0.1, 0.15) is 0 Å². The van der Waals surface area contributed by atoms with Gasteiger partial charge in [0.25, 0.3) is 0 Å². The molecule has 0 aliphatic heterocycles. The first-order valence-corrected chi connectivity index (χ1v) is 8.17. The molecule has 0 saturated heterocycles. The maximum absolute atomic E-state index is 6.29. The Labute approximate surface area is 134 Å². The lowest BCUT2D eigenvalue weighted by Crippen LogP contribution is -2.13. The Balaban J connectivity index is 1.86. The average molecular weight is 368 g/mol. The monoisotopic (exact) mass is 366 g/mol. The number of benzene rings is 2. The van der Waals surface area contributed by atoms with E-state index in [0.717, 1.165) is 27.0 Å². The number of rotatable bonds is 3. The van der Waals surface area contributed by atoms with Crippen LogP contribution in [0.1, 0.15) is 16.6 Å². The van der Waals surface area contributed by atoms with Gasteiger partial charge in [-0.25, -0.2) is 4.98 Å². The molecule has 1 heterocycles. The summed E-state index contributed by atoms with van der Waals surface area (Å²) in [7, 11) is 0. The normalized spacial score (nSPS) is 12.8. The molecule has 3 rings (SSSR count). The van der Waals surface area contributed by atoms with E-state index >= 15 is 0 Å². The Bertz CT molecular complexity index is 723. The zero-order valence-electron chi connectivity index (χ0n) is 10.5. The lowest BCUT2D eigenvalue weighted by Gasteiger charge is -2.12. The van der Waals surface area contributed by atoms with Gasteiger partial charge in [0.2, 0.25) is 0 Å². The molecular formula is C15H12BrClN2S. The summed E-state index contributed by atoms with van der Waals surface area (Å²) >= 11 is 11.2. The fourth-order valence-corrected chi connectivity index (χ4v) is 4.11. The predicted octanol–water partition coefficient (Wildman–Crippen LogP) is 4.95. The quantitative estimate of drug-likeness (QED) is 0.711. The zero-order chi connectivity index (χ0) is 14.1. The zero-order valence-corrected chi connectivity index (χ0v) is 13.7. The van der Waals surface area contributed by atoms with Crippen molar-refractivity contribution >= 4 is 49.1 Å². The minimum atomic E-state index is -0.0952. The first-order valence-electron chi connectivity index (χ1n) is 6.18. The van der Waals surface area contributed by atoms with Gasteiger partial charge in [0, 0.05) is 22.0 Å². The molecule has 0 aliphatic rings. The number of thiazole rings is 1. The number of nitrogens with two attached hydrogens (primary N) is 1. The minimum absolute atomic E-state index is 0.0952. The number of para-hydroxylation sites is 1. The Hall–Kier alpha value is -0.940. The molecule has 20 heavy (non-hydrogen) atoms. The minimum Gasteiger partial charge on any atom is -0.324 e. The van der Waals surface area contributed by atoms with Crippen molar-refractivity contribution < 1.29 is 0 Å². The van der Waals surface area contributed by atoms with Gasteiger partial charge >= 0.3 is 0 Å². The third-order valence-electron chi connectivity index (χ3n) is 3.09.